The number of aryl methyl sites for hydroxylation is 2. The van der Waals surface area contributed by atoms with Crippen molar-refractivity contribution < 1.29 is 57.3 Å². The van der Waals surface area contributed by atoms with Crippen LogP contribution in [0.25, 0.3) is 9.70 Å². The van der Waals surface area contributed by atoms with Crippen LogP contribution in [-0.2, 0) is 43.3 Å². The summed E-state index contributed by atoms with van der Waals surface area (Å²) < 4.78 is 117. The van der Waals surface area contributed by atoms with E-state index in [9.17, 15) is 48.0 Å². The van der Waals surface area contributed by atoms with Crippen molar-refractivity contribution in [3.8, 4) is 0 Å². The highest BCUT2D eigenvalue weighted by Crippen LogP contribution is 2.36. The second kappa shape index (κ2) is 19.3. The highest BCUT2D eigenvalue weighted by atomic mass is 32.3. The lowest BCUT2D eigenvalue weighted by atomic mass is 9.92. The molecule has 0 aliphatic rings. The van der Waals surface area contributed by atoms with Gasteiger partial charge in [-0.05, 0) is 76.1 Å². The Morgan fingerprint density at radius 2 is 1.47 bits per heavy atom. The molecule has 278 valence electrons. The van der Waals surface area contributed by atoms with Gasteiger partial charge in [0.1, 0.15) is 6.54 Å². The first-order chi connectivity index (χ1) is 22.5. The molecular formula is C32H45F6N3O6S2. The smallest absolute Gasteiger partial charge is 0.450 e. The number of alkyl halides is 6. The van der Waals surface area contributed by atoms with Gasteiger partial charge in [-0.3, -0.25) is 0 Å². The van der Waals surface area contributed by atoms with Crippen LogP contribution in [0.5, 0.6) is 0 Å². The molecule has 1 N–H and O–H groups in total. The number of ether oxygens (including phenoxy) is 1. The van der Waals surface area contributed by atoms with Crippen molar-refractivity contribution in [2.45, 2.75) is 109 Å². The van der Waals surface area contributed by atoms with Crippen LogP contribution in [0.2, 0.25) is 0 Å². The number of benzene rings is 1. The van der Waals surface area contributed by atoms with Crippen molar-refractivity contribution in [1.82, 2.24) is 5.32 Å². The summed E-state index contributed by atoms with van der Waals surface area (Å²) in [4.78, 5) is 12.3. The fraction of sp³-hybridized carbons (Fsp3) is 0.562. The number of amides is 1. The predicted molar refractivity (Wildman–Crippen MR) is 175 cm³/mol. The molecular weight excluding hydrogens is 700 g/mol. The zero-order valence-electron chi connectivity index (χ0n) is 28.0. The molecule has 9 nitrogen and oxygen atoms in total. The SMILES string of the molecule is C=C(C)c1cccc(C(C)(C)NC(=O)OCCCCCC[n+]2cccc(CCCCCC)c2)c1.O=S(=O)([N-]S(=O)(=O)C(F)(F)F)C(F)(F)F. The number of halogens is 6. The number of rotatable bonds is 17. The zero-order valence-corrected chi connectivity index (χ0v) is 29.7. The van der Waals surface area contributed by atoms with E-state index in [2.05, 4.69) is 54.0 Å². The molecule has 0 aliphatic heterocycles. The van der Waals surface area contributed by atoms with Gasteiger partial charge in [-0.25, -0.2) is 26.2 Å². The maximum atomic E-state index is 12.3. The van der Waals surface area contributed by atoms with E-state index in [1.807, 2.05) is 39.0 Å². The van der Waals surface area contributed by atoms with Crippen molar-refractivity contribution in [2.24, 2.45) is 0 Å². The second-order valence-corrected chi connectivity index (χ2v) is 15.3. The van der Waals surface area contributed by atoms with E-state index >= 15 is 0 Å². The summed E-state index contributed by atoms with van der Waals surface area (Å²) in [6.45, 7) is 13.7. The maximum absolute atomic E-state index is 12.3. The minimum absolute atomic E-state index is 0.364. The van der Waals surface area contributed by atoms with Crippen LogP contribution in [0.4, 0.5) is 31.1 Å². The summed E-state index contributed by atoms with van der Waals surface area (Å²) in [7, 11) is -13.4. The number of pyridine rings is 1. The van der Waals surface area contributed by atoms with Crippen molar-refractivity contribution in [3.05, 3.63) is 76.2 Å². The van der Waals surface area contributed by atoms with Crippen molar-refractivity contribution in [3.63, 3.8) is 0 Å². The number of sulfonamides is 2. The van der Waals surface area contributed by atoms with Gasteiger partial charge in [0, 0.05) is 18.1 Å². The number of hydrogen-bond acceptors (Lipinski definition) is 6. The van der Waals surface area contributed by atoms with Crippen molar-refractivity contribution in [2.75, 3.05) is 6.61 Å². The average Bonchev–Trinajstić information content (AvgIpc) is 2.97. The first-order valence-electron chi connectivity index (χ1n) is 15.6. The maximum Gasteiger partial charge on any atom is 0.480 e. The normalized spacial score (nSPS) is 12.5. The number of nitrogens with one attached hydrogen (secondary N) is 1. The molecule has 0 saturated carbocycles. The third-order valence-corrected chi connectivity index (χ3v) is 9.80. The van der Waals surface area contributed by atoms with Gasteiger partial charge in [-0.15, -0.1) is 0 Å². The molecule has 0 radical (unpaired) electrons. The lowest BCUT2D eigenvalue weighted by Crippen LogP contribution is -2.41. The molecule has 1 heterocycles. The lowest BCUT2D eigenvalue weighted by Gasteiger charge is -2.27. The number of nitrogens with zero attached hydrogens (tertiary/aromatic N) is 2. The molecule has 0 spiro atoms. The van der Waals surface area contributed by atoms with Gasteiger partial charge in [-0.2, -0.15) is 26.3 Å². The number of alkyl carbamates (subject to hydrolysis) is 1. The van der Waals surface area contributed by atoms with Gasteiger partial charge in [0.15, 0.2) is 32.4 Å². The van der Waals surface area contributed by atoms with Gasteiger partial charge >= 0.3 is 17.1 Å². The number of carbonyl (C=O) groups is 1. The summed E-state index contributed by atoms with van der Waals surface area (Å²) in [5.74, 6) is 0. The highest BCUT2D eigenvalue weighted by Gasteiger charge is 2.47. The van der Waals surface area contributed by atoms with Crippen molar-refractivity contribution >= 4 is 31.7 Å². The number of allylic oxidation sites excluding steroid dienone is 1. The molecule has 2 aromatic rings. The Labute approximate surface area is 285 Å². The third-order valence-electron chi connectivity index (χ3n) is 7.06. The molecule has 0 atom stereocenters. The summed E-state index contributed by atoms with van der Waals surface area (Å²) in [5, 5.41) is 2.99. The Bertz CT molecular complexity index is 1540. The Morgan fingerprint density at radius 1 is 0.878 bits per heavy atom. The topological polar surface area (TPSA) is 125 Å². The second-order valence-electron chi connectivity index (χ2n) is 11.8. The number of hydrogen-bond donors (Lipinski definition) is 1. The quantitative estimate of drug-likeness (QED) is 0.0986. The van der Waals surface area contributed by atoms with Crippen LogP contribution in [0, 0.1) is 0 Å². The molecule has 0 saturated heterocycles. The van der Waals surface area contributed by atoms with Crippen LogP contribution < -0.4 is 9.88 Å². The van der Waals surface area contributed by atoms with Crippen LogP contribution in [0.15, 0.2) is 55.4 Å². The molecule has 49 heavy (non-hydrogen) atoms. The molecule has 1 aromatic heterocycles. The first kappa shape index (κ1) is 43.8. The largest absolute Gasteiger partial charge is 0.480 e. The van der Waals surface area contributed by atoms with E-state index in [1.165, 1.54) is 37.7 Å². The summed E-state index contributed by atoms with van der Waals surface area (Å²) in [6, 6.07) is 12.5. The van der Waals surface area contributed by atoms with Crippen LogP contribution in [0.1, 0.15) is 95.8 Å². The van der Waals surface area contributed by atoms with Crippen molar-refractivity contribution in [1.29, 1.82) is 0 Å². The van der Waals surface area contributed by atoms with E-state index in [0.29, 0.717) is 6.61 Å². The Hall–Kier alpha value is -3.18. The van der Waals surface area contributed by atoms with Gasteiger partial charge in [0.05, 0.1) is 12.1 Å². The molecule has 2 rings (SSSR count). The van der Waals surface area contributed by atoms with E-state index in [1.54, 1.807) is 0 Å². The fourth-order valence-electron chi connectivity index (χ4n) is 4.28. The molecule has 0 unspecified atom stereocenters. The average molecular weight is 746 g/mol. The van der Waals surface area contributed by atoms with Gasteiger partial charge < -0.3 is 14.2 Å². The monoisotopic (exact) mass is 745 g/mol. The van der Waals surface area contributed by atoms with Gasteiger partial charge in [0.2, 0.25) is 0 Å². The molecule has 17 heteroatoms. The van der Waals surface area contributed by atoms with Crippen LogP contribution in [-0.4, -0.2) is 40.6 Å². The van der Waals surface area contributed by atoms with E-state index in [-0.39, 0.29) is 6.09 Å². The molecule has 1 aromatic carbocycles. The molecule has 0 aliphatic carbocycles. The summed E-state index contributed by atoms with van der Waals surface area (Å²) in [5.41, 5.74) is -8.35. The molecule has 0 fully saturated rings. The Kier molecular flexibility index (Phi) is 17.2. The number of unbranched alkanes of at least 4 members (excludes halogenated alkanes) is 6. The van der Waals surface area contributed by atoms with Gasteiger partial charge in [0.25, 0.3) is 0 Å². The minimum Gasteiger partial charge on any atom is -0.450 e. The number of aromatic nitrogens is 1. The first-order valence-corrected chi connectivity index (χ1v) is 18.5. The van der Waals surface area contributed by atoms with Gasteiger partial charge in [-0.1, -0.05) is 56.5 Å². The van der Waals surface area contributed by atoms with Crippen LogP contribution >= 0.6 is 0 Å². The summed E-state index contributed by atoms with van der Waals surface area (Å²) >= 11 is 0. The van der Waals surface area contributed by atoms with E-state index < -0.39 is 36.6 Å². The minimum atomic E-state index is -6.72. The molecule has 0 bridgehead atoms. The predicted octanol–water partition coefficient (Wildman–Crippen LogP) is 8.41. The summed E-state index contributed by atoms with van der Waals surface area (Å²) in [6.07, 6.45) is 14.7. The zero-order chi connectivity index (χ0) is 37.5. The third kappa shape index (κ3) is 15.9. The van der Waals surface area contributed by atoms with E-state index in [4.69, 9.17) is 4.74 Å². The Morgan fingerprint density at radius 3 is 2.04 bits per heavy atom. The lowest BCUT2D eigenvalue weighted by molar-refractivity contribution is -0.697. The Balaban J connectivity index is 0.000000673. The highest BCUT2D eigenvalue weighted by molar-refractivity contribution is 8.13. The standard InChI is InChI=1S/C30H44N2O2.C2F6NO4S2/c1-6-7-8-11-16-26-17-15-21-32(24-26)20-12-9-10-13-22-34-29(33)31-30(4,5)28-19-14-18-27(23-28)25(2)3;3-1(4,5)14(10,11)9-15(12,13)2(6,7)8/h14-15,17-19,21,23-24H,2,6-13,16,20,22H2,1,3-5H3;/q;-1/p+1. The fourth-order valence-corrected chi connectivity index (χ4v) is 5.99. The van der Waals surface area contributed by atoms with Crippen LogP contribution in [0.3, 0.4) is 0 Å². The van der Waals surface area contributed by atoms with E-state index in [0.717, 1.165) is 53.1 Å². The molecule has 1 amide bonds. The number of carbonyl (C=O) groups excluding carboxylic acids is 1.